The molecule has 0 atom stereocenters. The Morgan fingerprint density at radius 3 is 2.85 bits per heavy atom. The van der Waals surface area contributed by atoms with E-state index in [9.17, 15) is 10.1 Å². The van der Waals surface area contributed by atoms with E-state index in [0.29, 0.717) is 5.56 Å². The van der Waals surface area contributed by atoms with Gasteiger partial charge in [0.05, 0.1) is 4.92 Å². The Balaban J connectivity index is 3.20. The van der Waals surface area contributed by atoms with Crippen molar-refractivity contribution in [3.05, 3.63) is 50.9 Å². The van der Waals surface area contributed by atoms with Crippen LogP contribution in [0.5, 0.6) is 0 Å². The molecule has 0 bridgehead atoms. The molecule has 13 heavy (non-hydrogen) atoms. The Morgan fingerprint density at radius 1 is 1.62 bits per heavy atom. The minimum Gasteiger partial charge on any atom is -0.311 e. The molecule has 0 aliphatic rings. The minimum absolute atomic E-state index is 0.0293. The van der Waals surface area contributed by atoms with Crippen molar-refractivity contribution >= 4 is 5.69 Å². The molecular formula is C9H8N2O2. The molecule has 0 unspecified atom stereocenters. The van der Waals surface area contributed by atoms with Gasteiger partial charge in [-0.05, 0) is 13.0 Å². The van der Waals surface area contributed by atoms with Crippen LogP contribution >= 0.6 is 0 Å². The van der Waals surface area contributed by atoms with Gasteiger partial charge in [0.25, 0.3) is 5.69 Å². The van der Waals surface area contributed by atoms with Gasteiger partial charge in [-0.3, -0.25) is 10.1 Å². The van der Waals surface area contributed by atoms with Gasteiger partial charge in [-0.2, -0.15) is 0 Å². The molecule has 0 aromatic heterocycles. The molecule has 0 amide bonds. The fourth-order valence-corrected chi connectivity index (χ4v) is 1.10. The molecule has 0 aliphatic carbocycles. The van der Waals surface area contributed by atoms with Crippen molar-refractivity contribution in [3.63, 3.8) is 0 Å². The second-order valence-corrected chi connectivity index (χ2v) is 2.71. The lowest BCUT2D eigenvalue weighted by Gasteiger charge is -1.97. The van der Waals surface area contributed by atoms with Gasteiger partial charge in [0.1, 0.15) is 5.56 Å². The number of hydrogen-bond donors (Lipinski definition) is 0. The first-order chi connectivity index (χ1) is 6.15. The Labute approximate surface area is 75.8 Å². The smallest absolute Gasteiger partial charge is 0.280 e. The highest BCUT2D eigenvalue weighted by atomic mass is 16.6. The summed E-state index contributed by atoms with van der Waals surface area (Å²) in [7, 11) is 0. The van der Waals surface area contributed by atoms with Crippen molar-refractivity contribution in [1.29, 1.82) is 0 Å². The second kappa shape index (κ2) is 3.68. The molecule has 1 aromatic rings. The summed E-state index contributed by atoms with van der Waals surface area (Å²) < 4.78 is 0. The minimum atomic E-state index is -0.458. The van der Waals surface area contributed by atoms with E-state index in [2.05, 4.69) is 4.85 Å². The number of rotatable bonds is 2. The number of nitro groups is 1. The third-order valence-corrected chi connectivity index (χ3v) is 1.68. The zero-order valence-electron chi connectivity index (χ0n) is 7.15. The van der Waals surface area contributed by atoms with Crippen LogP contribution in [0.25, 0.3) is 4.85 Å². The van der Waals surface area contributed by atoms with Gasteiger partial charge >= 0.3 is 0 Å². The molecule has 0 heterocycles. The van der Waals surface area contributed by atoms with Crippen LogP contribution in [0.1, 0.15) is 11.1 Å². The summed E-state index contributed by atoms with van der Waals surface area (Å²) in [5, 5.41) is 10.5. The molecule has 0 fully saturated rings. The van der Waals surface area contributed by atoms with Gasteiger partial charge in [0, 0.05) is 6.07 Å². The molecule has 0 aliphatic heterocycles. The molecule has 66 valence electrons. The van der Waals surface area contributed by atoms with E-state index in [0.717, 1.165) is 5.56 Å². The van der Waals surface area contributed by atoms with Gasteiger partial charge < -0.3 is 4.85 Å². The van der Waals surface area contributed by atoms with E-state index in [1.54, 1.807) is 12.1 Å². The molecule has 1 rings (SSSR count). The first kappa shape index (κ1) is 9.20. The molecular weight excluding hydrogens is 168 g/mol. The van der Waals surface area contributed by atoms with Crippen LogP contribution in [0.4, 0.5) is 5.69 Å². The van der Waals surface area contributed by atoms with Crippen LogP contribution in [-0.4, -0.2) is 4.92 Å². The SMILES string of the molecule is [C-]#[N+]Cc1cc(C)ccc1[N+](=O)[O-]. The molecule has 0 spiro atoms. The number of nitro benzene ring substituents is 1. The van der Waals surface area contributed by atoms with Crippen LogP contribution in [0, 0.1) is 23.6 Å². The topological polar surface area (TPSA) is 47.5 Å². The summed E-state index contributed by atoms with van der Waals surface area (Å²) in [6, 6.07) is 4.79. The standard InChI is InChI=1S/C9H8N2O2/c1-7-3-4-9(11(12)13)8(5-7)6-10-2/h3-5H,6H2,1H3. The normalized spacial score (nSPS) is 9.23. The van der Waals surface area contributed by atoms with E-state index in [-0.39, 0.29) is 12.2 Å². The van der Waals surface area contributed by atoms with E-state index < -0.39 is 4.92 Å². The van der Waals surface area contributed by atoms with Gasteiger partial charge in [-0.1, -0.05) is 11.6 Å². The van der Waals surface area contributed by atoms with Crippen LogP contribution < -0.4 is 0 Å². The van der Waals surface area contributed by atoms with E-state index in [1.165, 1.54) is 6.07 Å². The number of aryl methyl sites for hydroxylation is 1. The van der Waals surface area contributed by atoms with Gasteiger partial charge in [-0.25, -0.2) is 6.57 Å². The molecule has 0 N–H and O–H groups in total. The third kappa shape index (κ3) is 2.03. The van der Waals surface area contributed by atoms with Gasteiger partial charge in [-0.15, -0.1) is 0 Å². The lowest BCUT2D eigenvalue weighted by Crippen LogP contribution is -1.94. The van der Waals surface area contributed by atoms with Crippen molar-refractivity contribution in [1.82, 2.24) is 0 Å². The highest BCUT2D eigenvalue weighted by molar-refractivity contribution is 5.43. The predicted octanol–water partition coefficient (Wildman–Crippen LogP) is 2.32. The van der Waals surface area contributed by atoms with Crippen LogP contribution in [0.2, 0.25) is 0 Å². The fraction of sp³-hybridized carbons (Fsp3) is 0.222. The van der Waals surface area contributed by atoms with Gasteiger partial charge in [0.2, 0.25) is 6.54 Å². The number of nitrogens with zero attached hydrogens (tertiary/aromatic N) is 2. The molecule has 1 aromatic carbocycles. The van der Waals surface area contributed by atoms with Gasteiger partial charge in [0.15, 0.2) is 0 Å². The maximum Gasteiger partial charge on any atom is 0.280 e. The highest BCUT2D eigenvalue weighted by Crippen LogP contribution is 2.20. The van der Waals surface area contributed by atoms with Crippen molar-refractivity contribution in [2.75, 3.05) is 0 Å². The Bertz CT molecular complexity index is 380. The quantitative estimate of drug-likeness (QED) is 0.394. The lowest BCUT2D eigenvalue weighted by atomic mass is 10.1. The average molecular weight is 176 g/mol. The third-order valence-electron chi connectivity index (χ3n) is 1.68. The monoisotopic (exact) mass is 176 g/mol. The zero-order valence-corrected chi connectivity index (χ0v) is 7.15. The maximum absolute atomic E-state index is 10.5. The van der Waals surface area contributed by atoms with Crippen molar-refractivity contribution < 1.29 is 4.92 Å². The maximum atomic E-state index is 10.5. The summed E-state index contributed by atoms with van der Waals surface area (Å²) in [4.78, 5) is 13.2. The summed E-state index contributed by atoms with van der Waals surface area (Å²) in [6.45, 7) is 8.56. The predicted molar refractivity (Wildman–Crippen MR) is 48.1 cm³/mol. The fourth-order valence-electron chi connectivity index (χ4n) is 1.10. The van der Waals surface area contributed by atoms with E-state index >= 15 is 0 Å². The lowest BCUT2D eigenvalue weighted by molar-refractivity contribution is -0.385. The Kier molecular flexibility index (Phi) is 2.60. The zero-order chi connectivity index (χ0) is 9.84. The highest BCUT2D eigenvalue weighted by Gasteiger charge is 2.14. The second-order valence-electron chi connectivity index (χ2n) is 2.71. The Hall–Kier alpha value is -1.89. The van der Waals surface area contributed by atoms with E-state index in [4.69, 9.17) is 6.57 Å². The largest absolute Gasteiger partial charge is 0.311 e. The first-order valence-electron chi connectivity index (χ1n) is 3.72. The van der Waals surface area contributed by atoms with Crippen LogP contribution in [0.3, 0.4) is 0 Å². The summed E-state index contributed by atoms with van der Waals surface area (Å²) >= 11 is 0. The van der Waals surface area contributed by atoms with Crippen LogP contribution in [-0.2, 0) is 6.54 Å². The molecule has 4 heteroatoms. The molecule has 0 radical (unpaired) electrons. The van der Waals surface area contributed by atoms with Crippen molar-refractivity contribution in [2.24, 2.45) is 0 Å². The van der Waals surface area contributed by atoms with Crippen molar-refractivity contribution in [3.8, 4) is 0 Å². The summed E-state index contributed by atoms with van der Waals surface area (Å²) in [5.41, 5.74) is 1.45. The number of benzene rings is 1. The summed E-state index contributed by atoms with van der Waals surface area (Å²) in [5.74, 6) is 0. The molecule has 0 saturated heterocycles. The first-order valence-corrected chi connectivity index (χ1v) is 3.72. The molecule has 0 saturated carbocycles. The van der Waals surface area contributed by atoms with Crippen molar-refractivity contribution in [2.45, 2.75) is 13.5 Å². The summed E-state index contributed by atoms with van der Waals surface area (Å²) in [6.07, 6.45) is 0. The average Bonchev–Trinajstić information content (AvgIpc) is 2.04. The molecule has 4 nitrogen and oxygen atoms in total. The van der Waals surface area contributed by atoms with E-state index in [1.807, 2.05) is 6.92 Å². The van der Waals surface area contributed by atoms with Crippen LogP contribution in [0.15, 0.2) is 18.2 Å². The Morgan fingerprint density at radius 2 is 2.31 bits per heavy atom. The number of hydrogen-bond acceptors (Lipinski definition) is 2.